The fourth-order valence-electron chi connectivity index (χ4n) is 2.33. The van der Waals surface area contributed by atoms with Gasteiger partial charge in [0, 0.05) is 0 Å². The van der Waals surface area contributed by atoms with Gasteiger partial charge in [-0.05, 0) is 44.2 Å². The van der Waals surface area contributed by atoms with Crippen molar-refractivity contribution in [1.82, 2.24) is 0 Å². The molecule has 0 aliphatic rings. The molecule has 0 aliphatic heterocycles. The maximum absolute atomic E-state index is 12.3. The van der Waals surface area contributed by atoms with Gasteiger partial charge in [-0.25, -0.2) is 4.79 Å². The van der Waals surface area contributed by atoms with Gasteiger partial charge in [-0.3, -0.25) is 4.79 Å². The third-order valence-electron chi connectivity index (χ3n) is 3.72. The molecule has 1 atom stereocenters. The number of hydrogen-bond acceptors (Lipinski definition) is 6. The lowest BCUT2D eigenvalue weighted by molar-refractivity contribution is -0.123. The van der Waals surface area contributed by atoms with E-state index in [4.69, 9.17) is 18.9 Å². The molecule has 7 heteroatoms. The topological polar surface area (TPSA) is 83.1 Å². The minimum atomic E-state index is -1.00. The van der Waals surface area contributed by atoms with Crippen molar-refractivity contribution in [3.63, 3.8) is 0 Å². The van der Waals surface area contributed by atoms with Gasteiger partial charge < -0.3 is 24.3 Å². The SMILES string of the molecule is CCOc1ccc(C(=O)OC(C)C(=O)Nc2ccccc2OC)cc1OC. The highest BCUT2D eigenvalue weighted by molar-refractivity contribution is 5.98. The maximum Gasteiger partial charge on any atom is 0.339 e. The van der Waals surface area contributed by atoms with Crippen molar-refractivity contribution in [1.29, 1.82) is 0 Å². The second-order valence-electron chi connectivity index (χ2n) is 5.54. The highest BCUT2D eigenvalue weighted by atomic mass is 16.5. The summed E-state index contributed by atoms with van der Waals surface area (Å²) in [6.45, 7) is 3.82. The number of carbonyl (C=O) groups is 2. The van der Waals surface area contributed by atoms with E-state index in [1.807, 2.05) is 6.92 Å². The first-order chi connectivity index (χ1) is 13.0. The number of hydrogen-bond donors (Lipinski definition) is 1. The zero-order chi connectivity index (χ0) is 19.8. The molecule has 0 heterocycles. The van der Waals surface area contributed by atoms with Gasteiger partial charge in [0.25, 0.3) is 5.91 Å². The third-order valence-corrected chi connectivity index (χ3v) is 3.72. The number of para-hydroxylation sites is 2. The molecule has 27 heavy (non-hydrogen) atoms. The van der Waals surface area contributed by atoms with Gasteiger partial charge in [-0.2, -0.15) is 0 Å². The Balaban J connectivity index is 2.05. The molecule has 144 valence electrons. The molecular weight excluding hydrogens is 350 g/mol. The van der Waals surface area contributed by atoms with E-state index in [2.05, 4.69) is 5.32 Å². The van der Waals surface area contributed by atoms with Crippen LogP contribution in [0.1, 0.15) is 24.2 Å². The molecule has 2 aromatic rings. The fourth-order valence-corrected chi connectivity index (χ4v) is 2.33. The Kier molecular flexibility index (Phi) is 7.05. The van der Waals surface area contributed by atoms with Crippen molar-refractivity contribution in [2.45, 2.75) is 20.0 Å². The molecule has 0 aromatic heterocycles. The monoisotopic (exact) mass is 373 g/mol. The minimum Gasteiger partial charge on any atom is -0.495 e. The summed E-state index contributed by atoms with van der Waals surface area (Å²) in [4.78, 5) is 24.7. The molecule has 2 aromatic carbocycles. The summed E-state index contributed by atoms with van der Waals surface area (Å²) in [6.07, 6.45) is -1.00. The Labute approximate surface area is 158 Å². The number of benzene rings is 2. The van der Waals surface area contributed by atoms with Crippen molar-refractivity contribution >= 4 is 17.6 Å². The molecule has 0 bridgehead atoms. The Hall–Kier alpha value is -3.22. The van der Waals surface area contributed by atoms with Crippen LogP contribution in [0.5, 0.6) is 17.2 Å². The van der Waals surface area contributed by atoms with Crippen LogP contribution in [-0.2, 0) is 9.53 Å². The van der Waals surface area contributed by atoms with E-state index in [0.717, 1.165) is 0 Å². The van der Waals surface area contributed by atoms with E-state index in [1.54, 1.807) is 36.4 Å². The summed E-state index contributed by atoms with van der Waals surface area (Å²) in [5, 5.41) is 2.68. The maximum atomic E-state index is 12.3. The Morgan fingerprint density at radius 3 is 2.37 bits per heavy atom. The molecule has 2 rings (SSSR count). The van der Waals surface area contributed by atoms with Crippen molar-refractivity contribution in [2.24, 2.45) is 0 Å². The van der Waals surface area contributed by atoms with Gasteiger partial charge in [-0.1, -0.05) is 12.1 Å². The molecule has 0 saturated carbocycles. The van der Waals surface area contributed by atoms with E-state index in [0.29, 0.717) is 29.5 Å². The van der Waals surface area contributed by atoms with Gasteiger partial charge in [-0.15, -0.1) is 0 Å². The standard InChI is InChI=1S/C20H23NO6/c1-5-26-17-11-10-14(12-18(17)25-4)20(23)27-13(2)19(22)21-15-8-6-7-9-16(15)24-3/h6-13H,5H2,1-4H3,(H,21,22). The Morgan fingerprint density at radius 1 is 1.00 bits per heavy atom. The number of ether oxygens (including phenoxy) is 4. The first-order valence-electron chi connectivity index (χ1n) is 8.45. The van der Waals surface area contributed by atoms with Crippen molar-refractivity contribution < 1.29 is 28.5 Å². The lowest BCUT2D eigenvalue weighted by Gasteiger charge is -2.16. The lowest BCUT2D eigenvalue weighted by atomic mass is 10.2. The molecule has 0 spiro atoms. The van der Waals surface area contributed by atoms with Gasteiger partial charge in [0.2, 0.25) is 0 Å². The van der Waals surface area contributed by atoms with Gasteiger partial charge >= 0.3 is 5.97 Å². The van der Waals surface area contributed by atoms with Crippen LogP contribution in [0.25, 0.3) is 0 Å². The van der Waals surface area contributed by atoms with E-state index in [-0.39, 0.29) is 5.56 Å². The smallest absolute Gasteiger partial charge is 0.339 e. The van der Waals surface area contributed by atoms with Crippen LogP contribution in [0.3, 0.4) is 0 Å². The summed E-state index contributed by atoms with van der Waals surface area (Å²) in [6, 6.07) is 11.7. The van der Waals surface area contributed by atoms with Crippen LogP contribution >= 0.6 is 0 Å². The lowest BCUT2D eigenvalue weighted by Crippen LogP contribution is -2.30. The first-order valence-corrected chi connectivity index (χ1v) is 8.45. The van der Waals surface area contributed by atoms with Crippen molar-refractivity contribution in [3.8, 4) is 17.2 Å². The fraction of sp³-hybridized carbons (Fsp3) is 0.300. The highest BCUT2D eigenvalue weighted by Crippen LogP contribution is 2.28. The molecule has 1 unspecified atom stereocenters. The summed E-state index contributed by atoms with van der Waals surface area (Å²) in [5.74, 6) is 0.348. The van der Waals surface area contributed by atoms with Crippen molar-refractivity contribution in [3.05, 3.63) is 48.0 Å². The van der Waals surface area contributed by atoms with Crippen LogP contribution in [0, 0.1) is 0 Å². The third kappa shape index (κ3) is 5.13. The number of nitrogens with one attached hydrogen (secondary N) is 1. The summed E-state index contributed by atoms with van der Waals surface area (Å²) >= 11 is 0. The normalized spacial score (nSPS) is 11.3. The van der Waals surface area contributed by atoms with Crippen LogP contribution in [0.4, 0.5) is 5.69 Å². The average Bonchev–Trinajstić information content (AvgIpc) is 2.68. The van der Waals surface area contributed by atoms with Gasteiger partial charge in [0.1, 0.15) is 5.75 Å². The predicted octanol–water partition coefficient (Wildman–Crippen LogP) is 3.29. The summed E-state index contributed by atoms with van der Waals surface area (Å²) in [5.41, 5.74) is 0.753. The van der Waals surface area contributed by atoms with Crippen LogP contribution in [-0.4, -0.2) is 38.8 Å². The van der Waals surface area contributed by atoms with Crippen LogP contribution in [0.2, 0.25) is 0 Å². The zero-order valence-electron chi connectivity index (χ0n) is 15.8. The number of methoxy groups -OCH3 is 2. The molecule has 1 N–H and O–H groups in total. The number of amides is 1. The molecule has 1 amide bonds. The molecule has 0 saturated heterocycles. The number of rotatable bonds is 8. The average molecular weight is 373 g/mol. The van der Waals surface area contributed by atoms with E-state index < -0.39 is 18.0 Å². The largest absolute Gasteiger partial charge is 0.495 e. The van der Waals surface area contributed by atoms with E-state index in [1.165, 1.54) is 27.2 Å². The van der Waals surface area contributed by atoms with Gasteiger partial charge in [0.05, 0.1) is 32.1 Å². The zero-order valence-corrected chi connectivity index (χ0v) is 15.8. The molecule has 0 radical (unpaired) electrons. The van der Waals surface area contributed by atoms with E-state index in [9.17, 15) is 9.59 Å². The molecule has 0 aliphatic carbocycles. The second kappa shape index (κ2) is 9.47. The molecule has 0 fully saturated rings. The first kappa shape index (κ1) is 20.1. The van der Waals surface area contributed by atoms with Crippen LogP contribution in [0.15, 0.2) is 42.5 Å². The van der Waals surface area contributed by atoms with Crippen LogP contribution < -0.4 is 19.5 Å². The number of esters is 1. The quantitative estimate of drug-likeness (QED) is 0.715. The summed E-state index contributed by atoms with van der Waals surface area (Å²) in [7, 11) is 2.99. The Morgan fingerprint density at radius 2 is 1.70 bits per heavy atom. The number of anilines is 1. The molecule has 7 nitrogen and oxygen atoms in total. The number of carbonyl (C=O) groups excluding carboxylic acids is 2. The highest BCUT2D eigenvalue weighted by Gasteiger charge is 2.21. The second-order valence-corrected chi connectivity index (χ2v) is 5.54. The molecular formula is C20H23NO6. The van der Waals surface area contributed by atoms with E-state index >= 15 is 0 Å². The van der Waals surface area contributed by atoms with Crippen molar-refractivity contribution in [2.75, 3.05) is 26.1 Å². The van der Waals surface area contributed by atoms with Gasteiger partial charge in [0.15, 0.2) is 17.6 Å². The summed E-state index contributed by atoms with van der Waals surface area (Å²) < 4.78 is 21.1. The Bertz CT molecular complexity index is 805. The predicted molar refractivity (Wildman–Crippen MR) is 101 cm³/mol. The minimum absolute atomic E-state index is 0.257.